The van der Waals surface area contributed by atoms with Gasteiger partial charge in [-0.25, -0.2) is 0 Å². The highest BCUT2D eigenvalue weighted by molar-refractivity contribution is 9.10. The van der Waals surface area contributed by atoms with E-state index in [0.29, 0.717) is 18.3 Å². The van der Waals surface area contributed by atoms with Gasteiger partial charge < -0.3 is 4.42 Å². The zero-order valence-electron chi connectivity index (χ0n) is 14.4. The SMILES string of the molecule is CN(CCCCc1ccccc1)Cc1nnc(-c2ccc(Br)cc2)o1. The molecule has 130 valence electrons. The maximum atomic E-state index is 5.78. The molecule has 3 aromatic rings. The molecule has 0 aliphatic rings. The monoisotopic (exact) mass is 399 g/mol. The van der Waals surface area contributed by atoms with E-state index in [-0.39, 0.29) is 0 Å². The lowest BCUT2D eigenvalue weighted by atomic mass is 10.1. The Morgan fingerprint density at radius 2 is 1.72 bits per heavy atom. The van der Waals surface area contributed by atoms with Gasteiger partial charge in [-0.05, 0) is 62.7 Å². The Labute approximate surface area is 157 Å². The van der Waals surface area contributed by atoms with Crippen molar-refractivity contribution in [1.82, 2.24) is 15.1 Å². The van der Waals surface area contributed by atoms with Crippen LogP contribution in [0.25, 0.3) is 11.5 Å². The minimum absolute atomic E-state index is 0.569. The van der Waals surface area contributed by atoms with E-state index in [2.05, 4.69) is 68.4 Å². The van der Waals surface area contributed by atoms with Crippen LogP contribution in [-0.2, 0) is 13.0 Å². The van der Waals surface area contributed by atoms with Gasteiger partial charge in [0.2, 0.25) is 11.8 Å². The van der Waals surface area contributed by atoms with Gasteiger partial charge in [-0.2, -0.15) is 0 Å². The predicted octanol–water partition coefficient (Wildman–Crippen LogP) is 4.95. The average Bonchev–Trinajstić information content (AvgIpc) is 3.09. The summed E-state index contributed by atoms with van der Waals surface area (Å²) < 4.78 is 6.81. The summed E-state index contributed by atoms with van der Waals surface area (Å²) in [5.41, 5.74) is 2.34. The molecule has 4 nitrogen and oxygen atoms in total. The van der Waals surface area contributed by atoms with Crippen LogP contribution in [0.1, 0.15) is 24.3 Å². The number of hydrogen-bond donors (Lipinski definition) is 0. The summed E-state index contributed by atoms with van der Waals surface area (Å²) in [6.07, 6.45) is 3.46. The summed E-state index contributed by atoms with van der Waals surface area (Å²) in [6, 6.07) is 18.5. The quantitative estimate of drug-likeness (QED) is 0.502. The van der Waals surface area contributed by atoms with Gasteiger partial charge >= 0.3 is 0 Å². The van der Waals surface area contributed by atoms with E-state index >= 15 is 0 Å². The van der Waals surface area contributed by atoms with Crippen LogP contribution in [0.3, 0.4) is 0 Å². The minimum atomic E-state index is 0.569. The van der Waals surface area contributed by atoms with Gasteiger partial charge in [0.25, 0.3) is 0 Å². The molecule has 0 atom stereocenters. The van der Waals surface area contributed by atoms with Crippen molar-refractivity contribution in [3.05, 3.63) is 70.5 Å². The fourth-order valence-electron chi connectivity index (χ4n) is 2.69. The summed E-state index contributed by atoms with van der Waals surface area (Å²) in [7, 11) is 2.09. The molecule has 0 aliphatic carbocycles. The number of aromatic nitrogens is 2. The number of hydrogen-bond acceptors (Lipinski definition) is 4. The van der Waals surface area contributed by atoms with E-state index in [1.54, 1.807) is 0 Å². The van der Waals surface area contributed by atoms with E-state index in [1.165, 1.54) is 12.0 Å². The first-order valence-corrected chi connectivity index (χ1v) is 9.31. The van der Waals surface area contributed by atoms with Crippen LogP contribution in [0.15, 0.2) is 63.5 Å². The molecule has 25 heavy (non-hydrogen) atoms. The maximum absolute atomic E-state index is 5.78. The van der Waals surface area contributed by atoms with Gasteiger partial charge in [0, 0.05) is 10.0 Å². The van der Waals surface area contributed by atoms with Gasteiger partial charge in [0.1, 0.15) is 0 Å². The Balaban J connectivity index is 1.43. The molecule has 0 radical (unpaired) electrons. The van der Waals surface area contributed by atoms with Crippen molar-refractivity contribution < 1.29 is 4.42 Å². The Morgan fingerprint density at radius 1 is 0.960 bits per heavy atom. The molecular weight excluding hydrogens is 378 g/mol. The van der Waals surface area contributed by atoms with Crippen molar-refractivity contribution in [2.75, 3.05) is 13.6 Å². The smallest absolute Gasteiger partial charge is 0.247 e. The summed E-state index contributed by atoms with van der Waals surface area (Å²) in [4.78, 5) is 2.23. The molecule has 0 aliphatic heterocycles. The average molecular weight is 400 g/mol. The van der Waals surface area contributed by atoms with Crippen LogP contribution >= 0.6 is 15.9 Å². The minimum Gasteiger partial charge on any atom is -0.419 e. The van der Waals surface area contributed by atoms with Crippen LogP contribution in [0.5, 0.6) is 0 Å². The molecule has 0 saturated carbocycles. The zero-order valence-corrected chi connectivity index (χ0v) is 15.9. The standard InChI is InChI=1S/C20H22BrN3O/c1-24(14-6-5-9-16-7-3-2-4-8-16)15-19-22-23-20(25-19)17-10-12-18(21)13-11-17/h2-4,7-8,10-13H,5-6,9,14-15H2,1H3. The molecule has 0 fully saturated rings. The molecule has 0 N–H and O–H groups in total. The third-order valence-electron chi connectivity index (χ3n) is 4.06. The van der Waals surface area contributed by atoms with Crippen LogP contribution in [0.4, 0.5) is 0 Å². The lowest BCUT2D eigenvalue weighted by molar-refractivity contribution is 0.284. The largest absolute Gasteiger partial charge is 0.419 e. The van der Waals surface area contributed by atoms with Crippen molar-refractivity contribution in [3.63, 3.8) is 0 Å². The van der Waals surface area contributed by atoms with Crippen molar-refractivity contribution in [1.29, 1.82) is 0 Å². The number of halogens is 1. The first kappa shape index (κ1) is 17.8. The van der Waals surface area contributed by atoms with Crippen LogP contribution < -0.4 is 0 Å². The second-order valence-corrected chi connectivity index (χ2v) is 7.10. The highest BCUT2D eigenvalue weighted by atomic mass is 79.9. The molecule has 0 unspecified atom stereocenters. The lowest BCUT2D eigenvalue weighted by Crippen LogP contribution is -2.19. The Hall–Kier alpha value is -1.98. The molecule has 0 saturated heterocycles. The zero-order chi connectivity index (χ0) is 17.5. The molecular formula is C20H22BrN3O. The van der Waals surface area contributed by atoms with Crippen molar-refractivity contribution >= 4 is 15.9 Å². The summed E-state index contributed by atoms with van der Waals surface area (Å²) >= 11 is 3.43. The normalized spacial score (nSPS) is 11.2. The Bertz CT molecular complexity index is 771. The molecule has 5 heteroatoms. The Kier molecular flexibility index (Phi) is 6.36. The first-order chi connectivity index (χ1) is 12.2. The van der Waals surface area contributed by atoms with Crippen molar-refractivity contribution in [2.24, 2.45) is 0 Å². The molecule has 2 aromatic carbocycles. The van der Waals surface area contributed by atoms with E-state index < -0.39 is 0 Å². The second kappa shape index (κ2) is 8.92. The molecule has 3 rings (SSSR count). The van der Waals surface area contributed by atoms with E-state index in [4.69, 9.17) is 4.42 Å². The molecule has 1 heterocycles. The number of unbranched alkanes of at least 4 members (excludes halogenated alkanes) is 1. The second-order valence-electron chi connectivity index (χ2n) is 6.19. The van der Waals surface area contributed by atoms with Gasteiger partial charge in [0.05, 0.1) is 6.54 Å². The highest BCUT2D eigenvalue weighted by Crippen LogP contribution is 2.20. The predicted molar refractivity (Wildman–Crippen MR) is 103 cm³/mol. The number of nitrogens with zero attached hydrogens (tertiary/aromatic N) is 3. The topological polar surface area (TPSA) is 42.2 Å². The first-order valence-electron chi connectivity index (χ1n) is 8.51. The fourth-order valence-corrected chi connectivity index (χ4v) is 2.96. The van der Waals surface area contributed by atoms with Crippen molar-refractivity contribution in [3.8, 4) is 11.5 Å². The number of aryl methyl sites for hydroxylation is 1. The van der Waals surface area contributed by atoms with Gasteiger partial charge in [0.15, 0.2) is 0 Å². The molecule has 0 spiro atoms. The highest BCUT2D eigenvalue weighted by Gasteiger charge is 2.10. The van der Waals surface area contributed by atoms with Gasteiger partial charge in [-0.3, -0.25) is 4.90 Å². The summed E-state index contributed by atoms with van der Waals surface area (Å²) in [6.45, 7) is 1.69. The molecule has 0 amide bonds. The van der Waals surface area contributed by atoms with Crippen LogP contribution in [0.2, 0.25) is 0 Å². The van der Waals surface area contributed by atoms with E-state index in [0.717, 1.165) is 29.4 Å². The van der Waals surface area contributed by atoms with Crippen molar-refractivity contribution in [2.45, 2.75) is 25.8 Å². The molecule has 0 bridgehead atoms. The number of rotatable bonds is 8. The van der Waals surface area contributed by atoms with Gasteiger partial charge in [-0.1, -0.05) is 46.3 Å². The third-order valence-corrected chi connectivity index (χ3v) is 4.59. The van der Waals surface area contributed by atoms with Gasteiger partial charge in [-0.15, -0.1) is 10.2 Å². The van der Waals surface area contributed by atoms with Crippen LogP contribution in [-0.4, -0.2) is 28.7 Å². The molecule has 1 aromatic heterocycles. The summed E-state index contributed by atoms with van der Waals surface area (Å²) in [5.74, 6) is 1.23. The van der Waals surface area contributed by atoms with Crippen LogP contribution in [0, 0.1) is 0 Å². The third kappa shape index (κ3) is 5.51. The maximum Gasteiger partial charge on any atom is 0.247 e. The number of benzene rings is 2. The van der Waals surface area contributed by atoms with E-state index in [9.17, 15) is 0 Å². The summed E-state index contributed by atoms with van der Waals surface area (Å²) in [5, 5.41) is 8.31. The Morgan fingerprint density at radius 3 is 2.48 bits per heavy atom. The van der Waals surface area contributed by atoms with E-state index in [1.807, 2.05) is 24.3 Å². The lowest BCUT2D eigenvalue weighted by Gasteiger charge is -2.13. The fraction of sp³-hybridized carbons (Fsp3) is 0.300.